The van der Waals surface area contributed by atoms with Gasteiger partial charge >= 0.3 is 5.97 Å². The summed E-state index contributed by atoms with van der Waals surface area (Å²) in [5, 5.41) is 1.86. The molecule has 0 aliphatic heterocycles. The molecule has 124 valence electrons. The number of nitrogens with one attached hydrogen (secondary N) is 1. The van der Waals surface area contributed by atoms with Crippen LogP contribution in [0.5, 0.6) is 0 Å². The van der Waals surface area contributed by atoms with E-state index in [9.17, 15) is 13.2 Å². The molecule has 0 amide bonds. The van der Waals surface area contributed by atoms with Crippen molar-refractivity contribution in [2.45, 2.75) is 31.1 Å². The highest BCUT2D eigenvalue weighted by Gasteiger charge is 2.14. The Labute approximate surface area is 136 Å². The van der Waals surface area contributed by atoms with E-state index in [0.29, 0.717) is 13.0 Å². The lowest BCUT2D eigenvalue weighted by Crippen LogP contribution is -2.25. The number of benzene rings is 2. The summed E-state index contributed by atoms with van der Waals surface area (Å²) in [6.07, 6.45) is 1.40. The number of esters is 1. The fraction of sp³-hybridized carbons (Fsp3) is 0.353. The van der Waals surface area contributed by atoms with Crippen molar-refractivity contribution in [2.24, 2.45) is 0 Å². The van der Waals surface area contributed by atoms with Gasteiger partial charge in [-0.3, -0.25) is 4.79 Å². The van der Waals surface area contributed by atoms with E-state index >= 15 is 0 Å². The van der Waals surface area contributed by atoms with Gasteiger partial charge in [-0.05, 0) is 35.7 Å². The molecule has 0 unspecified atom stereocenters. The first kappa shape index (κ1) is 17.4. The fourth-order valence-electron chi connectivity index (χ4n) is 2.15. The average Bonchev–Trinajstić information content (AvgIpc) is 2.56. The Morgan fingerprint density at radius 3 is 2.61 bits per heavy atom. The maximum atomic E-state index is 12.3. The molecule has 2 aromatic carbocycles. The van der Waals surface area contributed by atoms with Gasteiger partial charge in [-0.25, -0.2) is 13.1 Å². The summed E-state index contributed by atoms with van der Waals surface area (Å²) < 4.78 is 32.0. The smallest absolute Gasteiger partial charge is 0.305 e. The molecule has 0 saturated carbocycles. The number of carbonyl (C=O) groups is 1. The Kier molecular flexibility index (Phi) is 6.12. The van der Waals surface area contributed by atoms with E-state index < -0.39 is 10.0 Å². The van der Waals surface area contributed by atoms with Crippen LogP contribution in [0.4, 0.5) is 0 Å². The molecule has 0 bridgehead atoms. The van der Waals surface area contributed by atoms with Crippen LogP contribution < -0.4 is 4.72 Å². The van der Waals surface area contributed by atoms with E-state index in [1.165, 1.54) is 0 Å². The predicted molar refractivity (Wildman–Crippen MR) is 89.6 cm³/mol. The Balaban J connectivity index is 1.91. The van der Waals surface area contributed by atoms with Gasteiger partial charge in [-0.15, -0.1) is 0 Å². The van der Waals surface area contributed by atoms with Crippen LogP contribution in [0.15, 0.2) is 47.4 Å². The fourth-order valence-corrected chi connectivity index (χ4v) is 3.25. The minimum Gasteiger partial charge on any atom is -0.466 e. The lowest BCUT2D eigenvalue weighted by atomic mass is 10.1. The second-order valence-corrected chi connectivity index (χ2v) is 7.00. The van der Waals surface area contributed by atoms with E-state index in [4.69, 9.17) is 4.74 Å². The number of rotatable bonds is 8. The van der Waals surface area contributed by atoms with Crippen molar-refractivity contribution in [3.63, 3.8) is 0 Å². The monoisotopic (exact) mass is 335 g/mol. The third-order valence-electron chi connectivity index (χ3n) is 3.35. The molecule has 0 atom stereocenters. The molecule has 2 aromatic rings. The third-order valence-corrected chi connectivity index (χ3v) is 4.81. The topological polar surface area (TPSA) is 72.5 Å². The quantitative estimate of drug-likeness (QED) is 0.595. The van der Waals surface area contributed by atoms with Crippen LogP contribution in [0.25, 0.3) is 10.8 Å². The van der Waals surface area contributed by atoms with E-state index in [0.717, 1.165) is 17.2 Å². The minimum absolute atomic E-state index is 0.205. The van der Waals surface area contributed by atoms with Gasteiger partial charge in [0.05, 0.1) is 11.5 Å². The lowest BCUT2D eigenvalue weighted by molar-refractivity contribution is -0.143. The molecule has 0 heterocycles. The van der Waals surface area contributed by atoms with Crippen LogP contribution in [0.2, 0.25) is 0 Å². The summed E-state index contributed by atoms with van der Waals surface area (Å²) in [7, 11) is -3.57. The van der Waals surface area contributed by atoms with Crippen LogP contribution >= 0.6 is 0 Å². The third kappa shape index (κ3) is 5.04. The van der Waals surface area contributed by atoms with Crippen LogP contribution in [0.3, 0.4) is 0 Å². The molecule has 2 rings (SSSR count). The molecule has 0 radical (unpaired) electrons. The van der Waals surface area contributed by atoms with E-state index in [-0.39, 0.29) is 23.8 Å². The number of sulfonamides is 1. The molecular weight excluding hydrogens is 314 g/mol. The van der Waals surface area contributed by atoms with Crippen LogP contribution in [0, 0.1) is 0 Å². The zero-order valence-electron chi connectivity index (χ0n) is 13.1. The molecule has 0 saturated heterocycles. The summed E-state index contributed by atoms with van der Waals surface area (Å²) in [5.41, 5.74) is 0. The number of hydrogen-bond acceptors (Lipinski definition) is 4. The van der Waals surface area contributed by atoms with E-state index in [2.05, 4.69) is 4.72 Å². The first-order chi connectivity index (χ1) is 11.0. The molecule has 6 heteroatoms. The Morgan fingerprint density at radius 1 is 1.13 bits per heavy atom. The van der Waals surface area contributed by atoms with Gasteiger partial charge in [0.1, 0.15) is 0 Å². The zero-order valence-corrected chi connectivity index (χ0v) is 13.9. The standard InChI is InChI=1S/C17H21NO4S/c1-2-12-22-17(19)8-5-11-18-23(20,21)16-10-9-14-6-3-4-7-15(14)13-16/h3-4,6-7,9-10,13,18H,2,5,8,11-12H2,1H3. The molecule has 0 fully saturated rings. The summed E-state index contributed by atoms with van der Waals surface area (Å²) in [6.45, 7) is 2.53. The second-order valence-electron chi connectivity index (χ2n) is 5.23. The lowest BCUT2D eigenvalue weighted by Gasteiger charge is -2.08. The largest absolute Gasteiger partial charge is 0.466 e. The first-order valence-electron chi connectivity index (χ1n) is 7.67. The van der Waals surface area contributed by atoms with Gasteiger partial charge in [-0.2, -0.15) is 0 Å². The van der Waals surface area contributed by atoms with Gasteiger partial charge < -0.3 is 4.74 Å². The molecular formula is C17H21NO4S. The number of hydrogen-bond donors (Lipinski definition) is 1. The van der Waals surface area contributed by atoms with Crippen LogP contribution in [-0.2, 0) is 19.6 Å². The number of fused-ring (bicyclic) bond motifs is 1. The number of ether oxygens (including phenoxy) is 1. The predicted octanol–water partition coefficient (Wildman–Crippen LogP) is 2.85. The van der Waals surface area contributed by atoms with Crippen molar-refractivity contribution in [3.05, 3.63) is 42.5 Å². The summed E-state index contributed by atoms with van der Waals surface area (Å²) in [4.78, 5) is 11.6. The van der Waals surface area contributed by atoms with Crippen molar-refractivity contribution >= 4 is 26.8 Å². The zero-order chi connectivity index (χ0) is 16.7. The Hall–Kier alpha value is -1.92. The normalized spacial score (nSPS) is 11.5. The van der Waals surface area contributed by atoms with Gasteiger partial charge in [-0.1, -0.05) is 37.3 Å². The van der Waals surface area contributed by atoms with Gasteiger partial charge in [0.15, 0.2) is 0 Å². The molecule has 23 heavy (non-hydrogen) atoms. The molecule has 5 nitrogen and oxygen atoms in total. The van der Waals surface area contributed by atoms with Gasteiger partial charge in [0.25, 0.3) is 0 Å². The van der Waals surface area contributed by atoms with Crippen molar-refractivity contribution in [1.82, 2.24) is 4.72 Å². The van der Waals surface area contributed by atoms with Crippen LogP contribution in [0.1, 0.15) is 26.2 Å². The summed E-state index contributed by atoms with van der Waals surface area (Å²) >= 11 is 0. The number of carbonyl (C=O) groups excluding carboxylic acids is 1. The Morgan fingerprint density at radius 2 is 1.87 bits per heavy atom. The molecule has 0 aliphatic carbocycles. The van der Waals surface area contributed by atoms with Crippen LogP contribution in [-0.4, -0.2) is 27.5 Å². The van der Waals surface area contributed by atoms with Gasteiger partial charge in [0.2, 0.25) is 10.0 Å². The summed E-state index contributed by atoms with van der Waals surface area (Å²) in [5.74, 6) is -0.295. The second kappa shape index (κ2) is 8.08. The maximum absolute atomic E-state index is 12.3. The van der Waals surface area contributed by atoms with Crippen molar-refractivity contribution < 1.29 is 17.9 Å². The van der Waals surface area contributed by atoms with Crippen molar-refractivity contribution in [3.8, 4) is 0 Å². The highest BCUT2D eigenvalue weighted by Crippen LogP contribution is 2.18. The molecule has 0 spiro atoms. The van der Waals surface area contributed by atoms with E-state index in [1.54, 1.807) is 18.2 Å². The van der Waals surface area contributed by atoms with Gasteiger partial charge in [0, 0.05) is 13.0 Å². The molecule has 0 aromatic heterocycles. The minimum atomic E-state index is -3.57. The Bertz CT molecular complexity index is 771. The molecule has 0 aliphatic rings. The average molecular weight is 335 g/mol. The molecule has 1 N–H and O–H groups in total. The van der Waals surface area contributed by atoms with Crippen molar-refractivity contribution in [2.75, 3.05) is 13.2 Å². The maximum Gasteiger partial charge on any atom is 0.305 e. The first-order valence-corrected chi connectivity index (χ1v) is 9.15. The summed E-state index contributed by atoms with van der Waals surface area (Å²) in [6, 6.07) is 12.6. The highest BCUT2D eigenvalue weighted by atomic mass is 32.2. The van der Waals surface area contributed by atoms with Crippen molar-refractivity contribution in [1.29, 1.82) is 0 Å². The highest BCUT2D eigenvalue weighted by molar-refractivity contribution is 7.89. The SMILES string of the molecule is CCCOC(=O)CCCNS(=O)(=O)c1ccc2ccccc2c1. The van der Waals surface area contributed by atoms with E-state index in [1.807, 2.05) is 31.2 Å².